The van der Waals surface area contributed by atoms with Gasteiger partial charge in [0.15, 0.2) is 5.82 Å². The standard InChI is InChI=1S/C17H27N5O2/c1-21(13-17(23)19-14-6-10-24-11-7-14)12-15-4-3-9-22(15)16-5-2-8-18-20-16/h2,5,8,14-15H,3-4,6-7,9-13H2,1H3,(H,19,23). The van der Waals surface area contributed by atoms with Gasteiger partial charge in [-0.2, -0.15) is 5.10 Å². The molecule has 0 saturated carbocycles. The first kappa shape index (κ1) is 17.1. The first-order valence-electron chi connectivity index (χ1n) is 8.82. The number of amides is 1. The average molecular weight is 333 g/mol. The van der Waals surface area contributed by atoms with Crippen molar-refractivity contribution in [2.24, 2.45) is 0 Å². The summed E-state index contributed by atoms with van der Waals surface area (Å²) in [5.41, 5.74) is 0. The van der Waals surface area contributed by atoms with E-state index in [0.29, 0.717) is 12.6 Å². The van der Waals surface area contributed by atoms with Gasteiger partial charge < -0.3 is 15.0 Å². The fourth-order valence-electron chi connectivity index (χ4n) is 3.56. The maximum Gasteiger partial charge on any atom is 0.234 e. The number of carbonyl (C=O) groups is 1. The zero-order valence-corrected chi connectivity index (χ0v) is 14.4. The molecule has 7 nitrogen and oxygen atoms in total. The Morgan fingerprint density at radius 1 is 1.42 bits per heavy atom. The highest BCUT2D eigenvalue weighted by molar-refractivity contribution is 5.78. The van der Waals surface area contributed by atoms with E-state index in [1.54, 1.807) is 6.20 Å². The molecule has 24 heavy (non-hydrogen) atoms. The zero-order chi connectivity index (χ0) is 16.8. The van der Waals surface area contributed by atoms with Crippen LogP contribution in [-0.4, -0.2) is 73.0 Å². The highest BCUT2D eigenvalue weighted by atomic mass is 16.5. The first-order valence-corrected chi connectivity index (χ1v) is 8.82. The molecule has 7 heteroatoms. The summed E-state index contributed by atoms with van der Waals surface area (Å²) in [5, 5.41) is 11.3. The Kier molecular flexibility index (Phi) is 5.98. The van der Waals surface area contributed by atoms with Crippen LogP contribution in [-0.2, 0) is 9.53 Å². The molecule has 1 aromatic heterocycles. The fraction of sp³-hybridized carbons (Fsp3) is 0.706. The van der Waals surface area contributed by atoms with Crippen LogP contribution in [0.15, 0.2) is 18.3 Å². The number of ether oxygens (including phenoxy) is 1. The lowest BCUT2D eigenvalue weighted by atomic mass is 10.1. The van der Waals surface area contributed by atoms with Gasteiger partial charge in [0.1, 0.15) is 0 Å². The van der Waals surface area contributed by atoms with E-state index in [-0.39, 0.29) is 11.9 Å². The van der Waals surface area contributed by atoms with E-state index in [9.17, 15) is 4.79 Å². The number of hydrogen-bond acceptors (Lipinski definition) is 6. The van der Waals surface area contributed by atoms with Crippen molar-refractivity contribution in [3.05, 3.63) is 18.3 Å². The summed E-state index contributed by atoms with van der Waals surface area (Å²) in [6.45, 7) is 3.79. The third-order valence-corrected chi connectivity index (χ3v) is 4.75. The fourth-order valence-corrected chi connectivity index (χ4v) is 3.56. The summed E-state index contributed by atoms with van der Waals surface area (Å²) < 4.78 is 5.33. The lowest BCUT2D eigenvalue weighted by Crippen LogP contribution is -2.46. The number of nitrogens with one attached hydrogen (secondary N) is 1. The Balaban J connectivity index is 1.47. The van der Waals surface area contributed by atoms with Crippen molar-refractivity contribution < 1.29 is 9.53 Å². The lowest BCUT2D eigenvalue weighted by molar-refractivity contribution is -0.123. The molecule has 0 aromatic carbocycles. The summed E-state index contributed by atoms with van der Waals surface area (Å²) in [5.74, 6) is 1.04. The van der Waals surface area contributed by atoms with Crippen LogP contribution in [0, 0.1) is 0 Å². The number of anilines is 1. The molecule has 3 heterocycles. The molecule has 1 atom stereocenters. The number of rotatable bonds is 6. The third-order valence-electron chi connectivity index (χ3n) is 4.75. The highest BCUT2D eigenvalue weighted by Gasteiger charge is 2.27. The van der Waals surface area contributed by atoms with Crippen LogP contribution < -0.4 is 10.2 Å². The van der Waals surface area contributed by atoms with Crippen molar-refractivity contribution in [1.29, 1.82) is 0 Å². The summed E-state index contributed by atoms with van der Waals surface area (Å²) in [4.78, 5) is 16.6. The van der Waals surface area contributed by atoms with E-state index in [0.717, 1.165) is 57.8 Å². The Morgan fingerprint density at radius 3 is 3.00 bits per heavy atom. The SMILES string of the molecule is CN(CC(=O)NC1CCOCC1)CC1CCCN1c1cccnn1. The topological polar surface area (TPSA) is 70.6 Å². The van der Waals surface area contributed by atoms with E-state index < -0.39 is 0 Å². The summed E-state index contributed by atoms with van der Waals surface area (Å²) >= 11 is 0. The lowest BCUT2D eigenvalue weighted by Gasteiger charge is -2.29. The molecular weight excluding hydrogens is 306 g/mol. The number of hydrogen-bond donors (Lipinski definition) is 1. The molecule has 132 valence electrons. The van der Waals surface area contributed by atoms with E-state index >= 15 is 0 Å². The van der Waals surface area contributed by atoms with Crippen LogP contribution in [0.5, 0.6) is 0 Å². The summed E-state index contributed by atoms with van der Waals surface area (Å²) in [6, 6.07) is 4.58. The van der Waals surface area contributed by atoms with Gasteiger partial charge in [-0.3, -0.25) is 9.69 Å². The normalized spacial score (nSPS) is 22.1. The van der Waals surface area contributed by atoms with E-state index in [1.165, 1.54) is 0 Å². The summed E-state index contributed by atoms with van der Waals surface area (Å²) in [6.07, 6.45) is 5.81. The van der Waals surface area contributed by atoms with Crippen molar-refractivity contribution >= 4 is 11.7 Å². The number of nitrogens with zero attached hydrogens (tertiary/aromatic N) is 4. The van der Waals surface area contributed by atoms with Crippen molar-refractivity contribution in [1.82, 2.24) is 20.4 Å². The van der Waals surface area contributed by atoms with Crippen LogP contribution in [0.4, 0.5) is 5.82 Å². The Hall–Kier alpha value is -1.73. The predicted molar refractivity (Wildman–Crippen MR) is 91.9 cm³/mol. The number of aromatic nitrogens is 2. The molecule has 1 aromatic rings. The van der Waals surface area contributed by atoms with Crippen LogP contribution in [0.2, 0.25) is 0 Å². The largest absolute Gasteiger partial charge is 0.381 e. The second-order valence-electron chi connectivity index (χ2n) is 6.72. The molecule has 1 amide bonds. The number of likely N-dealkylation sites (N-methyl/N-ethyl adjacent to an activating group) is 1. The van der Waals surface area contributed by atoms with E-state index in [4.69, 9.17) is 4.74 Å². The van der Waals surface area contributed by atoms with Crippen LogP contribution in [0.1, 0.15) is 25.7 Å². The molecule has 0 aliphatic carbocycles. The van der Waals surface area contributed by atoms with Gasteiger partial charge in [-0.25, -0.2) is 0 Å². The van der Waals surface area contributed by atoms with Gasteiger partial charge in [0, 0.05) is 44.6 Å². The minimum atomic E-state index is 0.105. The highest BCUT2D eigenvalue weighted by Crippen LogP contribution is 2.23. The molecule has 0 radical (unpaired) electrons. The molecule has 2 aliphatic rings. The second-order valence-corrected chi connectivity index (χ2v) is 6.72. The number of carbonyl (C=O) groups excluding carboxylic acids is 1. The average Bonchev–Trinajstić information content (AvgIpc) is 3.04. The van der Waals surface area contributed by atoms with Gasteiger partial charge in [0.25, 0.3) is 0 Å². The molecule has 1 unspecified atom stereocenters. The van der Waals surface area contributed by atoms with E-state index in [2.05, 4.69) is 25.3 Å². The van der Waals surface area contributed by atoms with Gasteiger partial charge in [-0.05, 0) is 44.9 Å². The Labute approximate surface area is 143 Å². The quantitative estimate of drug-likeness (QED) is 0.825. The van der Waals surface area contributed by atoms with Gasteiger partial charge in [0.2, 0.25) is 5.91 Å². The molecule has 2 aliphatic heterocycles. The third kappa shape index (κ3) is 4.64. The molecule has 3 rings (SSSR count). The van der Waals surface area contributed by atoms with Gasteiger partial charge in [0.05, 0.1) is 6.54 Å². The monoisotopic (exact) mass is 333 g/mol. The smallest absolute Gasteiger partial charge is 0.234 e. The van der Waals surface area contributed by atoms with Crippen LogP contribution in [0.25, 0.3) is 0 Å². The maximum absolute atomic E-state index is 12.2. The van der Waals surface area contributed by atoms with Crippen molar-refractivity contribution in [3.63, 3.8) is 0 Å². The van der Waals surface area contributed by atoms with Crippen LogP contribution in [0.3, 0.4) is 0 Å². The summed E-state index contributed by atoms with van der Waals surface area (Å²) in [7, 11) is 2.01. The Bertz CT molecular complexity index is 521. The minimum absolute atomic E-state index is 0.105. The van der Waals surface area contributed by atoms with Crippen LogP contribution >= 0.6 is 0 Å². The maximum atomic E-state index is 12.2. The second kappa shape index (κ2) is 8.39. The minimum Gasteiger partial charge on any atom is -0.381 e. The van der Waals surface area contributed by atoms with Crippen molar-refractivity contribution in [3.8, 4) is 0 Å². The molecule has 2 fully saturated rings. The van der Waals surface area contributed by atoms with E-state index in [1.807, 2.05) is 19.2 Å². The predicted octanol–water partition coefficient (Wildman–Crippen LogP) is 0.672. The molecule has 2 saturated heterocycles. The van der Waals surface area contributed by atoms with Gasteiger partial charge in [-0.15, -0.1) is 5.10 Å². The zero-order valence-electron chi connectivity index (χ0n) is 14.4. The van der Waals surface area contributed by atoms with Crippen molar-refractivity contribution in [2.45, 2.75) is 37.8 Å². The Morgan fingerprint density at radius 2 is 2.25 bits per heavy atom. The molecular formula is C17H27N5O2. The first-order chi connectivity index (χ1) is 11.7. The van der Waals surface area contributed by atoms with Crippen molar-refractivity contribution in [2.75, 3.05) is 44.8 Å². The molecule has 0 spiro atoms. The molecule has 1 N–H and O–H groups in total. The van der Waals surface area contributed by atoms with Gasteiger partial charge in [-0.1, -0.05) is 0 Å². The van der Waals surface area contributed by atoms with Gasteiger partial charge >= 0.3 is 0 Å². The molecule has 0 bridgehead atoms.